The molecule has 2 aromatic carbocycles. The summed E-state index contributed by atoms with van der Waals surface area (Å²) < 4.78 is 10.8. The van der Waals surface area contributed by atoms with Crippen LogP contribution in [0, 0.1) is 6.92 Å². The third-order valence-corrected chi connectivity index (χ3v) is 6.27. The van der Waals surface area contributed by atoms with Gasteiger partial charge in [-0.25, -0.2) is 0 Å². The summed E-state index contributed by atoms with van der Waals surface area (Å²) in [7, 11) is 1.56. The van der Waals surface area contributed by atoms with Gasteiger partial charge in [-0.3, -0.25) is 14.5 Å². The van der Waals surface area contributed by atoms with E-state index in [1.54, 1.807) is 61.1 Å². The number of methoxy groups -OCH3 is 1. The van der Waals surface area contributed by atoms with E-state index in [9.17, 15) is 9.59 Å². The summed E-state index contributed by atoms with van der Waals surface area (Å²) in [6, 6.07) is 21.9. The van der Waals surface area contributed by atoms with Gasteiger partial charge in [-0.15, -0.1) is 11.3 Å². The predicted octanol–water partition coefficient (Wildman–Crippen LogP) is 5.55. The van der Waals surface area contributed by atoms with Crippen molar-refractivity contribution in [2.75, 3.05) is 24.3 Å². The van der Waals surface area contributed by atoms with Crippen LogP contribution >= 0.6 is 11.3 Å². The molecule has 0 unspecified atom stereocenters. The third-order valence-electron chi connectivity index (χ3n) is 5.29. The fraction of sp³-hybridized carbons (Fsp3) is 0.185. The van der Waals surface area contributed by atoms with Gasteiger partial charge in [0.2, 0.25) is 5.91 Å². The Balaban J connectivity index is 1.36. The minimum Gasteiger partial charge on any atom is -0.495 e. The van der Waals surface area contributed by atoms with Crippen molar-refractivity contribution in [3.63, 3.8) is 0 Å². The van der Waals surface area contributed by atoms with Gasteiger partial charge in [0.15, 0.2) is 0 Å². The molecule has 0 atom stereocenters. The maximum atomic E-state index is 12.8. The molecule has 0 saturated heterocycles. The number of aryl methyl sites for hydroxylation is 1. The average molecular weight is 490 g/mol. The van der Waals surface area contributed by atoms with Crippen molar-refractivity contribution in [2.24, 2.45) is 0 Å². The van der Waals surface area contributed by atoms with Crippen LogP contribution in [0.25, 0.3) is 0 Å². The molecule has 0 aliphatic heterocycles. The molecular weight excluding hydrogens is 462 g/mol. The van der Waals surface area contributed by atoms with Crippen LogP contribution in [0.1, 0.15) is 25.9 Å². The van der Waals surface area contributed by atoms with Crippen LogP contribution in [-0.2, 0) is 17.9 Å². The molecule has 4 aromatic rings. The quantitative estimate of drug-likeness (QED) is 0.305. The van der Waals surface area contributed by atoms with Crippen LogP contribution in [0.15, 0.2) is 83.5 Å². The second kappa shape index (κ2) is 11.5. The molecule has 8 heteroatoms. The van der Waals surface area contributed by atoms with E-state index < -0.39 is 0 Å². The van der Waals surface area contributed by atoms with Gasteiger partial charge in [-0.05, 0) is 67.6 Å². The SMILES string of the molecule is COc1ccccc1NC(=O)c1ccc(NC(=O)CN(Cc2ccco2)Cc2ccc(C)s2)cc1. The number of carbonyl (C=O) groups is 2. The summed E-state index contributed by atoms with van der Waals surface area (Å²) in [6.07, 6.45) is 1.63. The Morgan fingerprint density at radius 1 is 0.943 bits per heavy atom. The minimum atomic E-state index is -0.261. The molecule has 0 saturated carbocycles. The Morgan fingerprint density at radius 2 is 1.74 bits per heavy atom. The van der Waals surface area contributed by atoms with E-state index in [1.165, 1.54) is 9.75 Å². The first-order chi connectivity index (χ1) is 17.0. The highest BCUT2D eigenvalue weighted by atomic mass is 32.1. The van der Waals surface area contributed by atoms with Crippen LogP contribution < -0.4 is 15.4 Å². The second-order valence-corrected chi connectivity index (χ2v) is 9.39. The molecule has 2 heterocycles. The maximum absolute atomic E-state index is 12.8. The molecule has 0 bridgehead atoms. The number of nitrogens with zero attached hydrogens (tertiary/aromatic N) is 1. The van der Waals surface area contributed by atoms with Crippen molar-refractivity contribution in [1.82, 2.24) is 4.90 Å². The van der Waals surface area contributed by atoms with Crippen LogP contribution in [0.3, 0.4) is 0 Å². The zero-order chi connectivity index (χ0) is 24.6. The molecule has 180 valence electrons. The lowest BCUT2D eigenvalue weighted by Crippen LogP contribution is -2.32. The van der Waals surface area contributed by atoms with Gasteiger partial charge in [0.05, 0.1) is 32.1 Å². The number of benzene rings is 2. The van der Waals surface area contributed by atoms with E-state index in [0.717, 1.165) is 5.76 Å². The zero-order valence-electron chi connectivity index (χ0n) is 19.6. The van der Waals surface area contributed by atoms with Crippen LogP contribution in [0.2, 0.25) is 0 Å². The largest absolute Gasteiger partial charge is 0.495 e. The molecule has 0 spiro atoms. The fourth-order valence-corrected chi connectivity index (χ4v) is 4.56. The van der Waals surface area contributed by atoms with Crippen LogP contribution in [0.5, 0.6) is 5.75 Å². The molecule has 0 fully saturated rings. The lowest BCUT2D eigenvalue weighted by atomic mass is 10.2. The van der Waals surface area contributed by atoms with E-state index in [2.05, 4.69) is 29.7 Å². The van der Waals surface area contributed by atoms with Crippen molar-refractivity contribution in [2.45, 2.75) is 20.0 Å². The van der Waals surface area contributed by atoms with E-state index in [1.807, 2.05) is 29.2 Å². The standard InChI is InChI=1S/C27H27N3O4S/c1-19-9-14-23(35-19)17-30(16-22-6-5-15-34-22)18-26(31)28-21-12-10-20(11-13-21)27(32)29-24-7-3-4-8-25(24)33-2/h3-15H,16-18H2,1-2H3,(H,28,31)(H,29,32). The number of rotatable bonds is 10. The van der Waals surface area contributed by atoms with Crippen molar-refractivity contribution in [3.05, 3.63) is 100 Å². The van der Waals surface area contributed by atoms with Crippen molar-refractivity contribution < 1.29 is 18.7 Å². The summed E-state index contributed by atoms with van der Waals surface area (Å²) in [4.78, 5) is 29.9. The molecule has 2 amide bonds. The second-order valence-electron chi connectivity index (χ2n) is 8.02. The number of thiophene rings is 1. The van der Waals surface area contributed by atoms with E-state index in [0.29, 0.717) is 35.8 Å². The molecule has 0 aliphatic rings. The molecule has 0 radical (unpaired) electrons. The average Bonchev–Trinajstić information content (AvgIpc) is 3.51. The number of carbonyl (C=O) groups excluding carboxylic acids is 2. The summed E-state index contributed by atoms with van der Waals surface area (Å²) in [5.41, 5.74) is 1.69. The van der Waals surface area contributed by atoms with Gasteiger partial charge in [0.1, 0.15) is 11.5 Å². The molecule has 0 aliphatic carbocycles. The highest BCUT2D eigenvalue weighted by Crippen LogP contribution is 2.24. The monoisotopic (exact) mass is 489 g/mol. The Labute approximate surface area is 208 Å². The van der Waals surface area contributed by atoms with E-state index in [-0.39, 0.29) is 18.4 Å². The smallest absolute Gasteiger partial charge is 0.255 e. The molecular formula is C27H27N3O4S. The molecule has 2 aromatic heterocycles. The fourth-order valence-electron chi connectivity index (χ4n) is 3.63. The minimum absolute atomic E-state index is 0.143. The van der Waals surface area contributed by atoms with Gasteiger partial charge >= 0.3 is 0 Å². The lowest BCUT2D eigenvalue weighted by Gasteiger charge is -2.20. The molecule has 35 heavy (non-hydrogen) atoms. The zero-order valence-corrected chi connectivity index (χ0v) is 20.4. The van der Waals surface area contributed by atoms with Crippen LogP contribution in [-0.4, -0.2) is 30.4 Å². The van der Waals surface area contributed by atoms with Gasteiger partial charge in [-0.2, -0.15) is 0 Å². The highest BCUT2D eigenvalue weighted by Gasteiger charge is 2.15. The Hall–Kier alpha value is -3.88. The van der Waals surface area contributed by atoms with Crippen LogP contribution in [0.4, 0.5) is 11.4 Å². The number of para-hydroxylation sites is 2. The highest BCUT2D eigenvalue weighted by molar-refractivity contribution is 7.11. The number of anilines is 2. The van der Waals surface area contributed by atoms with Gasteiger partial charge in [-0.1, -0.05) is 12.1 Å². The van der Waals surface area contributed by atoms with Gasteiger partial charge < -0.3 is 19.8 Å². The van der Waals surface area contributed by atoms with Crippen molar-refractivity contribution in [1.29, 1.82) is 0 Å². The van der Waals surface area contributed by atoms with Crippen molar-refractivity contribution >= 4 is 34.5 Å². The van der Waals surface area contributed by atoms with Gasteiger partial charge in [0, 0.05) is 27.5 Å². The third kappa shape index (κ3) is 6.81. The molecule has 7 nitrogen and oxygen atoms in total. The summed E-state index contributed by atoms with van der Waals surface area (Å²) in [6.45, 7) is 3.44. The normalized spacial score (nSPS) is 10.8. The Bertz CT molecular complexity index is 1270. The first kappa shape index (κ1) is 24.3. The van der Waals surface area contributed by atoms with Gasteiger partial charge in [0.25, 0.3) is 5.91 Å². The Morgan fingerprint density at radius 3 is 2.43 bits per heavy atom. The van der Waals surface area contributed by atoms with E-state index in [4.69, 9.17) is 9.15 Å². The summed E-state index contributed by atoms with van der Waals surface area (Å²) in [5, 5.41) is 5.76. The number of amides is 2. The number of hydrogen-bond acceptors (Lipinski definition) is 6. The first-order valence-electron chi connectivity index (χ1n) is 11.1. The number of hydrogen-bond donors (Lipinski definition) is 2. The summed E-state index contributed by atoms with van der Waals surface area (Å²) >= 11 is 1.72. The van der Waals surface area contributed by atoms with E-state index >= 15 is 0 Å². The Kier molecular flexibility index (Phi) is 7.97. The van der Waals surface area contributed by atoms with Crippen molar-refractivity contribution in [3.8, 4) is 5.75 Å². The molecule has 4 rings (SSSR count). The lowest BCUT2D eigenvalue weighted by molar-refractivity contribution is -0.117. The topological polar surface area (TPSA) is 83.8 Å². The molecule has 2 N–H and O–H groups in total. The maximum Gasteiger partial charge on any atom is 0.255 e. The first-order valence-corrected chi connectivity index (χ1v) is 12.0. The number of ether oxygens (including phenoxy) is 1. The summed E-state index contributed by atoms with van der Waals surface area (Å²) in [5.74, 6) is 0.984. The number of nitrogens with one attached hydrogen (secondary N) is 2. The predicted molar refractivity (Wildman–Crippen MR) is 138 cm³/mol. The number of furan rings is 1.